The van der Waals surface area contributed by atoms with E-state index in [0.717, 1.165) is 12.8 Å². The van der Waals surface area contributed by atoms with E-state index in [1.807, 2.05) is 4.90 Å². The van der Waals surface area contributed by atoms with Gasteiger partial charge in [0.1, 0.15) is 0 Å². The maximum atomic E-state index is 12.3. The maximum Gasteiger partial charge on any atom is 0.318 e. The van der Waals surface area contributed by atoms with E-state index in [1.165, 1.54) is 0 Å². The van der Waals surface area contributed by atoms with Gasteiger partial charge in [-0.05, 0) is 19.8 Å². The molecule has 0 N–H and O–H groups in total. The van der Waals surface area contributed by atoms with Crippen molar-refractivity contribution in [3.63, 3.8) is 0 Å². The molecule has 23 heavy (non-hydrogen) atoms. The highest BCUT2D eigenvalue weighted by Gasteiger charge is 2.42. The highest BCUT2D eigenvalue weighted by Crippen LogP contribution is 2.35. The molecule has 0 bridgehead atoms. The van der Waals surface area contributed by atoms with E-state index in [1.54, 1.807) is 18.2 Å². The second kappa shape index (κ2) is 6.37. The van der Waals surface area contributed by atoms with Gasteiger partial charge in [-0.15, -0.1) is 5.10 Å². The molecular weight excluding hydrogens is 320 g/mol. The van der Waals surface area contributed by atoms with Crippen molar-refractivity contribution in [1.29, 1.82) is 0 Å². The Morgan fingerprint density at radius 3 is 2.78 bits per heavy atom. The lowest BCUT2D eigenvalue weighted by Crippen LogP contribution is -2.52. The summed E-state index contributed by atoms with van der Waals surface area (Å²) in [6.07, 6.45) is 1.78. The second-order valence-corrected chi connectivity index (χ2v) is 8.67. The molecule has 1 spiro atoms. The van der Waals surface area contributed by atoms with Gasteiger partial charge in [-0.25, -0.2) is 12.7 Å². The SMILES string of the molecule is CCS(=O)(=O)N1CCC[C@]2(COCCN(c3nnc(C)o3)C2)C1. The zero-order valence-corrected chi connectivity index (χ0v) is 14.5. The van der Waals surface area contributed by atoms with Crippen LogP contribution in [0, 0.1) is 12.3 Å². The zero-order valence-electron chi connectivity index (χ0n) is 13.7. The van der Waals surface area contributed by atoms with Crippen molar-refractivity contribution in [2.75, 3.05) is 50.0 Å². The molecular formula is C14H24N4O4S. The van der Waals surface area contributed by atoms with Gasteiger partial charge in [-0.2, -0.15) is 0 Å². The molecule has 0 aromatic carbocycles. The number of aryl methyl sites for hydroxylation is 1. The van der Waals surface area contributed by atoms with Crippen LogP contribution in [-0.4, -0.2) is 68.1 Å². The third kappa shape index (κ3) is 3.51. The Bertz CT molecular complexity index is 647. The molecule has 0 amide bonds. The maximum absolute atomic E-state index is 12.3. The minimum atomic E-state index is -3.18. The number of hydrogen-bond donors (Lipinski definition) is 0. The quantitative estimate of drug-likeness (QED) is 0.795. The molecule has 0 saturated carbocycles. The van der Waals surface area contributed by atoms with Gasteiger partial charge < -0.3 is 14.1 Å². The fourth-order valence-corrected chi connectivity index (χ4v) is 4.64. The van der Waals surface area contributed by atoms with Crippen LogP contribution < -0.4 is 4.90 Å². The fraction of sp³-hybridized carbons (Fsp3) is 0.857. The lowest BCUT2D eigenvalue weighted by Gasteiger charge is -2.42. The van der Waals surface area contributed by atoms with Gasteiger partial charge in [-0.1, -0.05) is 5.10 Å². The van der Waals surface area contributed by atoms with E-state index in [9.17, 15) is 8.42 Å². The zero-order chi connectivity index (χ0) is 16.5. The first-order valence-corrected chi connectivity index (χ1v) is 9.66. The summed E-state index contributed by atoms with van der Waals surface area (Å²) in [6, 6.07) is 0.489. The third-order valence-electron chi connectivity index (χ3n) is 4.61. The van der Waals surface area contributed by atoms with Gasteiger partial charge in [0.05, 0.1) is 19.0 Å². The number of piperidine rings is 1. The average molecular weight is 344 g/mol. The van der Waals surface area contributed by atoms with Crippen molar-refractivity contribution in [1.82, 2.24) is 14.5 Å². The lowest BCUT2D eigenvalue weighted by atomic mass is 9.81. The Labute approximate surface area is 136 Å². The van der Waals surface area contributed by atoms with Crippen LogP contribution in [0.15, 0.2) is 4.42 Å². The number of rotatable bonds is 3. The number of aromatic nitrogens is 2. The minimum absolute atomic E-state index is 0.135. The first kappa shape index (κ1) is 16.7. The van der Waals surface area contributed by atoms with E-state index in [2.05, 4.69) is 10.2 Å². The standard InChI is InChI=1S/C14H24N4O4S/c1-3-23(19,20)18-6-4-5-14(10-18)9-17(7-8-21-11-14)13-16-15-12(2)22-13/h3-11H2,1-2H3/t14-/m1/s1. The number of sulfonamides is 1. The lowest BCUT2D eigenvalue weighted by molar-refractivity contribution is 0.0350. The Morgan fingerprint density at radius 1 is 1.26 bits per heavy atom. The number of nitrogens with zero attached hydrogens (tertiary/aromatic N) is 4. The molecule has 0 radical (unpaired) electrons. The molecule has 3 heterocycles. The molecule has 1 atom stereocenters. The highest BCUT2D eigenvalue weighted by molar-refractivity contribution is 7.89. The molecule has 8 nitrogen and oxygen atoms in total. The van der Waals surface area contributed by atoms with Crippen LogP contribution in [0.3, 0.4) is 0 Å². The topological polar surface area (TPSA) is 88.8 Å². The van der Waals surface area contributed by atoms with Crippen LogP contribution in [0.5, 0.6) is 0 Å². The van der Waals surface area contributed by atoms with Crippen molar-refractivity contribution < 1.29 is 17.6 Å². The van der Waals surface area contributed by atoms with Crippen LogP contribution in [0.4, 0.5) is 6.01 Å². The molecule has 3 rings (SSSR count). The molecule has 2 aliphatic heterocycles. The predicted octanol–water partition coefficient (Wildman–Crippen LogP) is 0.647. The molecule has 2 aliphatic rings. The van der Waals surface area contributed by atoms with Crippen molar-refractivity contribution in [2.45, 2.75) is 26.7 Å². The normalized spacial score (nSPS) is 27.3. The predicted molar refractivity (Wildman–Crippen MR) is 84.8 cm³/mol. The van der Waals surface area contributed by atoms with Gasteiger partial charge in [0.2, 0.25) is 15.9 Å². The summed E-state index contributed by atoms with van der Waals surface area (Å²) >= 11 is 0. The van der Waals surface area contributed by atoms with Gasteiger partial charge in [-0.3, -0.25) is 0 Å². The molecule has 0 unspecified atom stereocenters. The summed E-state index contributed by atoms with van der Waals surface area (Å²) in [5, 5.41) is 7.98. The van der Waals surface area contributed by atoms with Crippen LogP contribution in [0.25, 0.3) is 0 Å². The molecule has 9 heteroatoms. The molecule has 1 aromatic heterocycles. The second-order valence-electron chi connectivity index (χ2n) is 6.42. The van der Waals surface area contributed by atoms with Crippen LogP contribution >= 0.6 is 0 Å². The van der Waals surface area contributed by atoms with E-state index in [4.69, 9.17) is 9.15 Å². The van der Waals surface area contributed by atoms with Gasteiger partial charge in [0.25, 0.3) is 0 Å². The van der Waals surface area contributed by atoms with Crippen molar-refractivity contribution >= 4 is 16.0 Å². The van der Waals surface area contributed by atoms with Crippen LogP contribution in [0.2, 0.25) is 0 Å². The summed E-state index contributed by atoms with van der Waals surface area (Å²) in [6.45, 7) is 7.01. The Kier molecular flexibility index (Phi) is 4.61. The monoisotopic (exact) mass is 344 g/mol. The minimum Gasteiger partial charge on any atom is -0.408 e. The van der Waals surface area contributed by atoms with Crippen molar-refractivity contribution in [3.8, 4) is 0 Å². The first-order chi connectivity index (χ1) is 10.9. The fourth-order valence-electron chi connectivity index (χ4n) is 3.40. The van der Waals surface area contributed by atoms with E-state index in [-0.39, 0.29) is 11.2 Å². The number of hydrogen-bond acceptors (Lipinski definition) is 7. The number of ether oxygens (including phenoxy) is 1. The average Bonchev–Trinajstić information content (AvgIpc) is 2.87. The Morgan fingerprint density at radius 2 is 2.09 bits per heavy atom. The highest BCUT2D eigenvalue weighted by atomic mass is 32.2. The summed E-state index contributed by atoms with van der Waals surface area (Å²) in [5.41, 5.74) is -0.223. The summed E-state index contributed by atoms with van der Waals surface area (Å²) in [7, 11) is -3.18. The summed E-state index contributed by atoms with van der Waals surface area (Å²) in [4.78, 5) is 2.02. The summed E-state index contributed by atoms with van der Waals surface area (Å²) < 4.78 is 37.4. The Hall–Kier alpha value is -1.19. The molecule has 130 valence electrons. The molecule has 2 fully saturated rings. The summed E-state index contributed by atoms with van der Waals surface area (Å²) in [5.74, 6) is 0.661. The Balaban J connectivity index is 1.81. The van der Waals surface area contributed by atoms with E-state index >= 15 is 0 Å². The van der Waals surface area contributed by atoms with E-state index in [0.29, 0.717) is 51.3 Å². The molecule has 0 aliphatic carbocycles. The van der Waals surface area contributed by atoms with Gasteiger partial charge in [0.15, 0.2) is 0 Å². The smallest absolute Gasteiger partial charge is 0.318 e. The molecule has 1 aromatic rings. The van der Waals surface area contributed by atoms with Crippen molar-refractivity contribution in [3.05, 3.63) is 5.89 Å². The largest absolute Gasteiger partial charge is 0.408 e. The van der Waals surface area contributed by atoms with Crippen LogP contribution in [-0.2, 0) is 14.8 Å². The van der Waals surface area contributed by atoms with Crippen LogP contribution in [0.1, 0.15) is 25.7 Å². The van der Waals surface area contributed by atoms with Gasteiger partial charge >= 0.3 is 6.01 Å². The van der Waals surface area contributed by atoms with E-state index < -0.39 is 10.0 Å². The molecule has 2 saturated heterocycles. The number of anilines is 1. The third-order valence-corrected chi connectivity index (χ3v) is 6.44. The van der Waals surface area contributed by atoms with Crippen molar-refractivity contribution in [2.24, 2.45) is 5.41 Å². The van der Waals surface area contributed by atoms with Gasteiger partial charge in [0, 0.05) is 38.5 Å². The first-order valence-electron chi connectivity index (χ1n) is 8.05.